The van der Waals surface area contributed by atoms with E-state index in [1.165, 1.54) is 29.7 Å². The number of aryl methyl sites for hydroxylation is 2. The molecule has 0 atom stereocenters. The molecule has 0 aliphatic heterocycles. The first kappa shape index (κ1) is 16.8. The summed E-state index contributed by atoms with van der Waals surface area (Å²) < 4.78 is 39.8. The summed E-state index contributed by atoms with van der Waals surface area (Å²) in [6.45, 7) is 1.51. The summed E-state index contributed by atoms with van der Waals surface area (Å²) in [6, 6.07) is 8.24. The number of nitrogens with zero attached hydrogens (tertiary/aromatic N) is 1. The van der Waals surface area contributed by atoms with Crippen LogP contribution in [0.1, 0.15) is 17.5 Å². The van der Waals surface area contributed by atoms with Gasteiger partial charge in [0.1, 0.15) is 0 Å². The fraction of sp³-hybridized carbons (Fsp3) is 0.250. The Hall–Kier alpha value is -2.57. The van der Waals surface area contributed by atoms with Gasteiger partial charge in [-0.25, -0.2) is 0 Å². The molecule has 0 fully saturated rings. The summed E-state index contributed by atoms with van der Waals surface area (Å²) in [4.78, 5) is 23.3. The number of carbonyl (C=O) groups excluding carboxylic acids is 1. The topological polar surface area (TPSA) is 51.1 Å². The summed E-state index contributed by atoms with van der Waals surface area (Å²) in [5.41, 5.74) is -0.857. The Bertz CT molecular complexity index is 766. The largest absolute Gasteiger partial charge is 0.416 e. The molecule has 0 unspecified atom stereocenters. The lowest BCUT2D eigenvalue weighted by Crippen LogP contribution is -2.22. The van der Waals surface area contributed by atoms with Crippen molar-refractivity contribution in [2.45, 2.75) is 26.1 Å². The van der Waals surface area contributed by atoms with Crippen molar-refractivity contribution in [3.05, 3.63) is 64.1 Å². The predicted octanol–water partition coefficient (Wildman–Crippen LogP) is 3.20. The molecule has 1 N–H and O–H groups in total. The van der Waals surface area contributed by atoms with Crippen LogP contribution in [0.4, 0.5) is 18.9 Å². The molecule has 0 aliphatic carbocycles. The standard InChI is InChI=1S/C16H15F3N2O2/c1-11-5-6-12(10-13(11)16(17,18)19)20-14(22)7-9-21-8-3-2-4-15(21)23/h2-6,8,10H,7,9H2,1H3,(H,20,22). The Balaban J connectivity index is 2.03. The summed E-state index contributed by atoms with van der Waals surface area (Å²) in [5, 5.41) is 2.42. The van der Waals surface area contributed by atoms with Crippen molar-refractivity contribution in [2.75, 3.05) is 5.32 Å². The van der Waals surface area contributed by atoms with Gasteiger partial charge < -0.3 is 9.88 Å². The van der Waals surface area contributed by atoms with Crippen molar-refractivity contribution < 1.29 is 18.0 Å². The molecule has 0 bridgehead atoms. The van der Waals surface area contributed by atoms with Crippen LogP contribution in [-0.2, 0) is 17.5 Å². The zero-order valence-corrected chi connectivity index (χ0v) is 12.4. The van der Waals surface area contributed by atoms with Crippen LogP contribution in [0.15, 0.2) is 47.4 Å². The molecular weight excluding hydrogens is 309 g/mol. The van der Waals surface area contributed by atoms with Gasteiger partial charge in [0, 0.05) is 30.9 Å². The van der Waals surface area contributed by atoms with Gasteiger partial charge >= 0.3 is 6.18 Å². The Morgan fingerprint density at radius 2 is 1.96 bits per heavy atom. The molecule has 23 heavy (non-hydrogen) atoms. The molecule has 4 nitrogen and oxygen atoms in total. The van der Waals surface area contributed by atoms with Gasteiger partial charge in [0.2, 0.25) is 5.91 Å². The van der Waals surface area contributed by atoms with Crippen molar-refractivity contribution in [1.82, 2.24) is 4.57 Å². The highest BCUT2D eigenvalue weighted by molar-refractivity contribution is 5.90. The fourth-order valence-corrected chi connectivity index (χ4v) is 2.10. The minimum absolute atomic E-state index is 0.0147. The number of aromatic nitrogens is 1. The third-order valence-corrected chi connectivity index (χ3v) is 3.31. The van der Waals surface area contributed by atoms with Crippen LogP contribution >= 0.6 is 0 Å². The number of halogens is 3. The highest BCUT2D eigenvalue weighted by atomic mass is 19.4. The summed E-state index contributed by atoms with van der Waals surface area (Å²) in [6.07, 6.45) is -2.94. The number of hydrogen-bond donors (Lipinski definition) is 1. The van der Waals surface area contributed by atoms with E-state index in [1.54, 1.807) is 18.3 Å². The molecule has 1 aromatic heterocycles. The number of rotatable bonds is 4. The highest BCUT2D eigenvalue weighted by Crippen LogP contribution is 2.33. The molecular formula is C16H15F3N2O2. The van der Waals surface area contributed by atoms with E-state index >= 15 is 0 Å². The van der Waals surface area contributed by atoms with E-state index in [9.17, 15) is 22.8 Å². The number of benzene rings is 1. The van der Waals surface area contributed by atoms with Gasteiger partial charge in [-0.05, 0) is 30.7 Å². The van der Waals surface area contributed by atoms with Crippen molar-refractivity contribution in [3.63, 3.8) is 0 Å². The molecule has 0 spiro atoms. The third-order valence-electron chi connectivity index (χ3n) is 3.31. The van der Waals surface area contributed by atoms with Gasteiger partial charge in [0.25, 0.3) is 5.56 Å². The van der Waals surface area contributed by atoms with Gasteiger partial charge in [0.15, 0.2) is 0 Å². The average Bonchev–Trinajstić information content (AvgIpc) is 2.47. The van der Waals surface area contributed by atoms with Crippen LogP contribution in [0.25, 0.3) is 0 Å². The number of pyridine rings is 1. The van der Waals surface area contributed by atoms with Crippen LogP contribution in [0, 0.1) is 6.92 Å². The first-order valence-corrected chi connectivity index (χ1v) is 6.90. The summed E-state index contributed by atoms with van der Waals surface area (Å²) in [5.74, 6) is -0.460. The zero-order chi connectivity index (χ0) is 17.0. The normalized spacial score (nSPS) is 11.3. The number of nitrogens with one attached hydrogen (secondary N) is 1. The number of anilines is 1. The molecule has 0 aliphatic rings. The lowest BCUT2D eigenvalue weighted by molar-refractivity contribution is -0.138. The second kappa shape index (κ2) is 6.68. The zero-order valence-electron chi connectivity index (χ0n) is 12.4. The van der Waals surface area contributed by atoms with Gasteiger partial charge in [-0.1, -0.05) is 12.1 Å². The third kappa shape index (κ3) is 4.45. The molecule has 1 aromatic carbocycles. The highest BCUT2D eigenvalue weighted by Gasteiger charge is 2.32. The number of amides is 1. The lowest BCUT2D eigenvalue weighted by Gasteiger charge is -2.13. The molecule has 122 valence electrons. The first-order chi connectivity index (χ1) is 10.8. The Kier molecular flexibility index (Phi) is 4.88. The number of hydrogen-bond acceptors (Lipinski definition) is 2. The van der Waals surface area contributed by atoms with Crippen LogP contribution in [0.5, 0.6) is 0 Å². The van der Waals surface area contributed by atoms with E-state index in [4.69, 9.17) is 0 Å². The van der Waals surface area contributed by atoms with Crippen LogP contribution in [0.3, 0.4) is 0 Å². The lowest BCUT2D eigenvalue weighted by atomic mass is 10.1. The molecule has 0 saturated heterocycles. The molecule has 2 aromatic rings. The Morgan fingerprint density at radius 3 is 2.61 bits per heavy atom. The monoisotopic (exact) mass is 324 g/mol. The van der Waals surface area contributed by atoms with Crippen molar-refractivity contribution in [2.24, 2.45) is 0 Å². The van der Waals surface area contributed by atoms with Crippen molar-refractivity contribution in [3.8, 4) is 0 Å². The predicted molar refractivity (Wildman–Crippen MR) is 80.1 cm³/mol. The molecule has 2 rings (SSSR count). The SMILES string of the molecule is Cc1ccc(NC(=O)CCn2ccccc2=O)cc1C(F)(F)F. The van der Waals surface area contributed by atoms with E-state index in [-0.39, 0.29) is 29.8 Å². The average molecular weight is 324 g/mol. The van der Waals surface area contributed by atoms with Crippen molar-refractivity contribution in [1.29, 1.82) is 0 Å². The van der Waals surface area contributed by atoms with E-state index in [2.05, 4.69) is 5.32 Å². The van der Waals surface area contributed by atoms with E-state index in [0.717, 1.165) is 6.07 Å². The Labute approximate surface area is 130 Å². The van der Waals surface area contributed by atoms with Gasteiger partial charge in [-0.3, -0.25) is 9.59 Å². The molecule has 1 heterocycles. The second-order valence-corrected chi connectivity index (χ2v) is 5.06. The van der Waals surface area contributed by atoms with Crippen LogP contribution < -0.4 is 10.9 Å². The first-order valence-electron chi connectivity index (χ1n) is 6.90. The maximum Gasteiger partial charge on any atom is 0.416 e. The van der Waals surface area contributed by atoms with Gasteiger partial charge in [-0.15, -0.1) is 0 Å². The second-order valence-electron chi connectivity index (χ2n) is 5.06. The fourth-order valence-electron chi connectivity index (χ4n) is 2.10. The molecule has 0 radical (unpaired) electrons. The van der Waals surface area contributed by atoms with Crippen LogP contribution in [0.2, 0.25) is 0 Å². The van der Waals surface area contributed by atoms with Crippen molar-refractivity contribution >= 4 is 11.6 Å². The van der Waals surface area contributed by atoms with Gasteiger partial charge in [-0.2, -0.15) is 13.2 Å². The van der Waals surface area contributed by atoms with Crippen LogP contribution in [-0.4, -0.2) is 10.5 Å². The van der Waals surface area contributed by atoms with E-state index in [0.29, 0.717) is 0 Å². The maximum atomic E-state index is 12.8. The van der Waals surface area contributed by atoms with Gasteiger partial charge in [0.05, 0.1) is 5.56 Å². The van der Waals surface area contributed by atoms with E-state index in [1.807, 2.05) is 0 Å². The Morgan fingerprint density at radius 1 is 1.22 bits per heavy atom. The quantitative estimate of drug-likeness (QED) is 0.939. The summed E-state index contributed by atoms with van der Waals surface area (Å²) >= 11 is 0. The van der Waals surface area contributed by atoms with E-state index < -0.39 is 17.6 Å². The molecule has 1 amide bonds. The number of carbonyl (C=O) groups is 1. The molecule has 7 heteroatoms. The number of alkyl halides is 3. The minimum atomic E-state index is -4.47. The minimum Gasteiger partial charge on any atom is -0.326 e. The smallest absolute Gasteiger partial charge is 0.326 e. The molecule has 0 saturated carbocycles. The maximum absolute atomic E-state index is 12.8. The summed E-state index contributed by atoms with van der Waals surface area (Å²) in [7, 11) is 0.